The van der Waals surface area contributed by atoms with Crippen LogP contribution in [0.15, 0.2) is 23.8 Å². The van der Waals surface area contributed by atoms with Gasteiger partial charge in [0.1, 0.15) is 6.10 Å². The molecule has 0 saturated carbocycles. The van der Waals surface area contributed by atoms with Crippen molar-refractivity contribution >= 4 is 5.97 Å². The highest BCUT2D eigenvalue weighted by atomic mass is 17.1. The molecule has 1 aliphatic rings. The fraction of sp³-hybridized carbons (Fsp3) is 0.688. The lowest BCUT2D eigenvalue weighted by molar-refractivity contribution is -0.271. The van der Waals surface area contributed by atoms with E-state index in [0.717, 1.165) is 12.0 Å². The molecule has 0 aliphatic heterocycles. The van der Waals surface area contributed by atoms with Crippen molar-refractivity contribution < 1.29 is 24.8 Å². The van der Waals surface area contributed by atoms with Crippen LogP contribution in [0, 0.1) is 5.92 Å². The lowest BCUT2D eigenvalue weighted by Gasteiger charge is -2.35. The van der Waals surface area contributed by atoms with Gasteiger partial charge in [0.15, 0.2) is 0 Å². The van der Waals surface area contributed by atoms with Crippen LogP contribution in [0.2, 0.25) is 0 Å². The molecule has 0 fully saturated rings. The number of ether oxygens (including phenoxy) is 1. The van der Waals surface area contributed by atoms with Crippen molar-refractivity contribution in [3.8, 4) is 0 Å². The van der Waals surface area contributed by atoms with Gasteiger partial charge in [-0.1, -0.05) is 12.7 Å². The molecule has 21 heavy (non-hydrogen) atoms. The van der Waals surface area contributed by atoms with Crippen LogP contribution in [-0.2, 0) is 14.4 Å². The third kappa shape index (κ3) is 4.95. The molecule has 1 aliphatic carbocycles. The van der Waals surface area contributed by atoms with Crippen molar-refractivity contribution in [2.75, 3.05) is 7.11 Å². The van der Waals surface area contributed by atoms with Crippen molar-refractivity contribution in [2.24, 2.45) is 5.92 Å². The highest BCUT2D eigenvalue weighted by Gasteiger charge is 2.34. The number of hydrogen-bond acceptors (Lipinski definition) is 5. The number of allylic oxidation sites excluding steroid dienone is 1. The molecular formula is C16H26O5. The van der Waals surface area contributed by atoms with Crippen LogP contribution in [0.3, 0.4) is 0 Å². The Morgan fingerprint density at radius 3 is 2.71 bits per heavy atom. The molecule has 2 N–H and O–H groups in total. The lowest BCUT2D eigenvalue weighted by atomic mass is 9.76. The Morgan fingerprint density at radius 1 is 1.62 bits per heavy atom. The van der Waals surface area contributed by atoms with Gasteiger partial charge in [-0.2, -0.15) is 0 Å². The molecule has 0 aromatic heterocycles. The van der Waals surface area contributed by atoms with Crippen molar-refractivity contribution in [3.63, 3.8) is 0 Å². The van der Waals surface area contributed by atoms with E-state index in [-0.39, 0.29) is 11.9 Å². The Kier molecular flexibility index (Phi) is 6.58. The summed E-state index contributed by atoms with van der Waals surface area (Å²) in [6.07, 6.45) is 4.41. The number of aliphatic hydroxyl groups is 1. The van der Waals surface area contributed by atoms with E-state index in [0.29, 0.717) is 31.3 Å². The van der Waals surface area contributed by atoms with Crippen LogP contribution in [0.5, 0.6) is 0 Å². The third-order valence-electron chi connectivity index (χ3n) is 4.33. The average molecular weight is 298 g/mol. The van der Waals surface area contributed by atoms with E-state index in [1.165, 1.54) is 7.11 Å². The van der Waals surface area contributed by atoms with Gasteiger partial charge in [0.2, 0.25) is 0 Å². The molecule has 0 aromatic rings. The summed E-state index contributed by atoms with van der Waals surface area (Å²) in [5.41, 5.74) is 0.539. The number of rotatable bonds is 7. The van der Waals surface area contributed by atoms with Gasteiger partial charge < -0.3 is 9.84 Å². The molecule has 0 saturated heterocycles. The van der Waals surface area contributed by atoms with Gasteiger partial charge in [-0.15, -0.1) is 0 Å². The van der Waals surface area contributed by atoms with Crippen molar-refractivity contribution in [1.82, 2.24) is 0 Å². The minimum absolute atomic E-state index is 0.0790. The number of esters is 1. The molecule has 1 rings (SSSR count). The predicted molar refractivity (Wildman–Crippen MR) is 79.6 cm³/mol. The van der Waals surface area contributed by atoms with E-state index in [1.807, 2.05) is 6.08 Å². The topological polar surface area (TPSA) is 76.0 Å². The normalized spacial score (nSPS) is 22.9. The molecule has 3 atom stereocenters. The summed E-state index contributed by atoms with van der Waals surface area (Å²) < 4.78 is 4.71. The molecule has 0 spiro atoms. The molecule has 120 valence electrons. The summed E-state index contributed by atoms with van der Waals surface area (Å²) in [5, 5.41) is 19.5. The van der Waals surface area contributed by atoms with E-state index in [2.05, 4.69) is 11.5 Å². The maximum atomic E-state index is 11.4. The first-order valence-corrected chi connectivity index (χ1v) is 7.27. The Balaban J connectivity index is 2.58. The van der Waals surface area contributed by atoms with Crippen molar-refractivity contribution in [1.29, 1.82) is 0 Å². The number of carbonyl (C=O) groups excluding carboxylic acids is 1. The molecule has 0 heterocycles. The minimum Gasteiger partial charge on any atom is -0.466 e. The maximum absolute atomic E-state index is 11.4. The zero-order chi connectivity index (χ0) is 16.0. The number of carbonyl (C=O) groups is 1. The first-order chi connectivity index (χ1) is 9.81. The first kappa shape index (κ1) is 17.9. The SMILES string of the molecule is C=C(C)[C@H](CCC(C)(O)C1CC=C(C(=O)OC)CC1)OO. The highest BCUT2D eigenvalue weighted by molar-refractivity contribution is 5.88. The molecule has 5 heteroatoms. The fourth-order valence-electron chi connectivity index (χ4n) is 2.73. The van der Waals surface area contributed by atoms with E-state index < -0.39 is 11.7 Å². The first-order valence-electron chi connectivity index (χ1n) is 7.27. The zero-order valence-electron chi connectivity index (χ0n) is 13.1. The molecule has 0 radical (unpaired) electrons. The second-order valence-electron chi connectivity index (χ2n) is 6.03. The second kappa shape index (κ2) is 7.73. The minimum atomic E-state index is -0.871. The van der Waals surface area contributed by atoms with Gasteiger partial charge in [-0.25, -0.2) is 9.68 Å². The van der Waals surface area contributed by atoms with E-state index in [9.17, 15) is 9.90 Å². The largest absolute Gasteiger partial charge is 0.466 e. The molecule has 0 bridgehead atoms. The monoisotopic (exact) mass is 298 g/mol. The Morgan fingerprint density at radius 2 is 2.29 bits per heavy atom. The van der Waals surface area contributed by atoms with E-state index >= 15 is 0 Å². The van der Waals surface area contributed by atoms with Crippen LogP contribution in [0.25, 0.3) is 0 Å². The van der Waals surface area contributed by atoms with Gasteiger partial charge in [-0.05, 0) is 57.4 Å². The molecule has 0 amide bonds. The van der Waals surface area contributed by atoms with Crippen molar-refractivity contribution in [3.05, 3.63) is 23.8 Å². The standard InChI is InChI=1S/C16H26O5/c1-11(2)14(21-19)9-10-16(3,18)13-7-5-12(6-8-13)15(17)20-4/h5,13-14,18-19H,1,6-10H2,2-4H3/t13?,14-,16?/m0/s1. The molecular weight excluding hydrogens is 272 g/mol. The summed E-state index contributed by atoms with van der Waals surface area (Å²) in [5.74, 6) is -0.209. The maximum Gasteiger partial charge on any atom is 0.333 e. The summed E-state index contributed by atoms with van der Waals surface area (Å²) in [4.78, 5) is 15.8. The quantitative estimate of drug-likeness (QED) is 0.327. The van der Waals surface area contributed by atoms with Crippen molar-refractivity contribution in [2.45, 2.75) is 57.7 Å². The van der Waals surface area contributed by atoms with Crippen LogP contribution in [-0.4, -0.2) is 35.1 Å². The van der Waals surface area contributed by atoms with Gasteiger partial charge in [0.25, 0.3) is 0 Å². The van der Waals surface area contributed by atoms with Gasteiger partial charge in [0, 0.05) is 5.57 Å². The molecule has 5 nitrogen and oxygen atoms in total. The summed E-state index contributed by atoms with van der Waals surface area (Å²) in [6, 6.07) is 0. The Hall–Kier alpha value is -1.17. The molecule has 0 aromatic carbocycles. The third-order valence-corrected chi connectivity index (χ3v) is 4.33. The second-order valence-corrected chi connectivity index (χ2v) is 6.03. The summed E-state index contributed by atoms with van der Waals surface area (Å²) in [6.45, 7) is 7.32. The Bertz CT molecular complexity index is 411. The average Bonchev–Trinajstić information content (AvgIpc) is 2.46. The van der Waals surface area contributed by atoms with Crippen LogP contribution < -0.4 is 0 Å². The van der Waals surface area contributed by atoms with Gasteiger partial charge in [-0.3, -0.25) is 5.26 Å². The van der Waals surface area contributed by atoms with E-state index in [4.69, 9.17) is 9.99 Å². The van der Waals surface area contributed by atoms with Gasteiger partial charge >= 0.3 is 5.97 Å². The van der Waals surface area contributed by atoms with Gasteiger partial charge in [0.05, 0.1) is 12.7 Å². The summed E-state index contributed by atoms with van der Waals surface area (Å²) in [7, 11) is 1.37. The summed E-state index contributed by atoms with van der Waals surface area (Å²) >= 11 is 0. The lowest BCUT2D eigenvalue weighted by Crippen LogP contribution is -2.37. The number of methoxy groups -OCH3 is 1. The number of hydrogen-bond donors (Lipinski definition) is 2. The molecule has 2 unspecified atom stereocenters. The fourth-order valence-corrected chi connectivity index (χ4v) is 2.73. The highest BCUT2D eigenvalue weighted by Crippen LogP contribution is 2.35. The van der Waals surface area contributed by atoms with Crippen LogP contribution in [0.1, 0.15) is 46.0 Å². The zero-order valence-corrected chi connectivity index (χ0v) is 13.1. The van der Waals surface area contributed by atoms with Crippen LogP contribution >= 0.6 is 0 Å². The Labute approximate surface area is 126 Å². The van der Waals surface area contributed by atoms with E-state index in [1.54, 1.807) is 13.8 Å². The van der Waals surface area contributed by atoms with Crippen LogP contribution in [0.4, 0.5) is 0 Å². The smallest absolute Gasteiger partial charge is 0.333 e. The predicted octanol–water partition coefficient (Wildman–Crippen LogP) is 2.85.